The topological polar surface area (TPSA) is 34.1 Å². The van der Waals surface area contributed by atoms with E-state index in [2.05, 4.69) is 10.3 Å². The molecule has 2 heterocycles. The first kappa shape index (κ1) is 10.4. The van der Waals surface area contributed by atoms with E-state index >= 15 is 0 Å². The lowest BCUT2D eigenvalue weighted by molar-refractivity contribution is 0.0898. The number of nitrogens with zero attached hydrogens (tertiary/aromatic N) is 1. The molecule has 3 nitrogen and oxygen atoms in total. The van der Waals surface area contributed by atoms with Crippen molar-refractivity contribution in [1.29, 1.82) is 0 Å². The summed E-state index contributed by atoms with van der Waals surface area (Å²) in [6, 6.07) is 4.20. The quantitative estimate of drug-likeness (QED) is 0.879. The number of pyridine rings is 1. The zero-order chi connectivity index (χ0) is 11.0. The first-order valence-corrected chi connectivity index (χ1v) is 6.20. The van der Waals surface area contributed by atoms with Crippen molar-refractivity contribution in [2.45, 2.75) is 31.4 Å². The van der Waals surface area contributed by atoms with E-state index in [-0.39, 0.29) is 0 Å². The molecule has 2 fully saturated rings. The second kappa shape index (κ2) is 4.22. The molecule has 0 spiro atoms. The molecule has 2 aliphatic rings. The van der Waals surface area contributed by atoms with Gasteiger partial charge in [0.25, 0.3) is 0 Å². The molecule has 1 aromatic heterocycles. The van der Waals surface area contributed by atoms with Crippen LogP contribution in [0.4, 0.5) is 5.82 Å². The fraction of sp³-hybridized carbons (Fsp3) is 0.583. The van der Waals surface area contributed by atoms with Crippen LogP contribution < -0.4 is 5.32 Å². The number of ether oxygens (including phenoxy) is 1. The fourth-order valence-corrected chi connectivity index (χ4v) is 2.42. The van der Waals surface area contributed by atoms with Gasteiger partial charge < -0.3 is 10.1 Å². The number of anilines is 1. The van der Waals surface area contributed by atoms with Crippen molar-refractivity contribution in [2.75, 3.05) is 11.9 Å². The fourth-order valence-electron chi connectivity index (χ4n) is 2.31. The zero-order valence-electron chi connectivity index (χ0n) is 9.03. The van der Waals surface area contributed by atoms with Crippen molar-refractivity contribution in [1.82, 2.24) is 4.98 Å². The van der Waals surface area contributed by atoms with E-state index in [0.717, 1.165) is 24.8 Å². The largest absolute Gasteiger partial charge is 0.376 e. The van der Waals surface area contributed by atoms with Crippen molar-refractivity contribution in [2.24, 2.45) is 5.92 Å². The van der Waals surface area contributed by atoms with Crippen LogP contribution in [0.5, 0.6) is 0 Å². The Morgan fingerprint density at radius 1 is 1.31 bits per heavy atom. The molecule has 2 unspecified atom stereocenters. The van der Waals surface area contributed by atoms with Gasteiger partial charge in [0.1, 0.15) is 5.82 Å². The number of hydrogen-bond donors (Lipinski definition) is 1. The first-order valence-electron chi connectivity index (χ1n) is 5.82. The third kappa shape index (κ3) is 2.15. The third-order valence-electron chi connectivity index (χ3n) is 3.28. The van der Waals surface area contributed by atoms with Crippen LogP contribution in [-0.2, 0) is 4.74 Å². The molecule has 1 aliphatic heterocycles. The minimum absolute atomic E-state index is 0.387. The first-order chi connectivity index (χ1) is 7.83. The van der Waals surface area contributed by atoms with E-state index in [1.807, 2.05) is 12.1 Å². The minimum Gasteiger partial charge on any atom is -0.376 e. The van der Waals surface area contributed by atoms with Crippen LogP contribution in [0.15, 0.2) is 18.3 Å². The molecule has 0 radical (unpaired) electrons. The Balaban J connectivity index is 1.66. The van der Waals surface area contributed by atoms with Crippen molar-refractivity contribution >= 4 is 17.4 Å². The van der Waals surface area contributed by atoms with Crippen LogP contribution >= 0.6 is 11.6 Å². The van der Waals surface area contributed by atoms with Gasteiger partial charge in [-0.25, -0.2) is 4.98 Å². The minimum atomic E-state index is 0.387. The van der Waals surface area contributed by atoms with Crippen LogP contribution in [0.2, 0.25) is 5.02 Å². The summed E-state index contributed by atoms with van der Waals surface area (Å²) < 4.78 is 5.77. The lowest BCUT2D eigenvalue weighted by Gasteiger charge is -2.19. The molecule has 2 atom stereocenters. The molecule has 4 heteroatoms. The van der Waals surface area contributed by atoms with Gasteiger partial charge in [0.15, 0.2) is 0 Å². The molecule has 1 aromatic rings. The summed E-state index contributed by atoms with van der Waals surface area (Å²) in [6.07, 6.45) is 5.77. The summed E-state index contributed by atoms with van der Waals surface area (Å²) in [4.78, 5) is 4.26. The lowest BCUT2D eigenvalue weighted by Crippen LogP contribution is -2.31. The second-order valence-electron chi connectivity index (χ2n) is 4.57. The zero-order valence-corrected chi connectivity index (χ0v) is 9.78. The van der Waals surface area contributed by atoms with Crippen molar-refractivity contribution < 1.29 is 4.74 Å². The van der Waals surface area contributed by atoms with Gasteiger partial charge >= 0.3 is 0 Å². The van der Waals surface area contributed by atoms with Gasteiger partial charge in [-0.15, -0.1) is 0 Å². The van der Waals surface area contributed by atoms with E-state index in [0.29, 0.717) is 17.2 Å². The number of nitrogens with one attached hydrogen (secondary N) is 1. The maximum atomic E-state index is 5.80. The van der Waals surface area contributed by atoms with E-state index in [1.54, 1.807) is 6.20 Å². The highest BCUT2D eigenvalue weighted by atomic mass is 35.5. The van der Waals surface area contributed by atoms with Gasteiger partial charge in [-0.3, -0.25) is 0 Å². The highest BCUT2D eigenvalue weighted by Gasteiger charge is 2.40. The molecule has 0 bridgehead atoms. The second-order valence-corrected chi connectivity index (χ2v) is 5.01. The van der Waals surface area contributed by atoms with Crippen LogP contribution in [-0.4, -0.2) is 23.7 Å². The Morgan fingerprint density at radius 3 is 2.88 bits per heavy atom. The molecule has 86 valence electrons. The van der Waals surface area contributed by atoms with Gasteiger partial charge in [0, 0.05) is 12.8 Å². The summed E-state index contributed by atoms with van der Waals surface area (Å²) in [6.45, 7) is 0.867. The molecule has 3 rings (SSSR count). The van der Waals surface area contributed by atoms with Crippen LogP contribution in [0.1, 0.15) is 19.3 Å². The Bertz CT molecular complexity index is 364. The number of aromatic nitrogens is 1. The Morgan fingerprint density at radius 2 is 2.19 bits per heavy atom. The predicted octanol–water partition coefficient (Wildman–Crippen LogP) is 2.71. The molecular formula is C12H15ClN2O. The summed E-state index contributed by atoms with van der Waals surface area (Å²) in [5, 5.41) is 4.12. The number of rotatable bonds is 3. The monoisotopic (exact) mass is 238 g/mol. The third-order valence-corrected chi connectivity index (χ3v) is 3.51. The average molecular weight is 239 g/mol. The molecular weight excluding hydrogens is 224 g/mol. The van der Waals surface area contributed by atoms with Crippen LogP contribution in [0.25, 0.3) is 0 Å². The van der Waals surface area contributed by atoms with Crippen molar-refractivity contribution in [3.05, 3.63) is 23.4 Å². The summed E-state index contributed by atoms with van der Waals surface area (Å²) in [5.74, 6) is 1.66. The molecule has 1 saturated heterocycles. The van der Waals surface area contributed by atoms with E-state index in [9.17, 15) is 0 Å². The van der Waals surface area contributed by atoms with Gasteiger partial charge in [-0.05, 0) is 37.3 Å². The van der Waals surface area contributed by atoms with Gasteiger partial charge in [0.05, 0.1) is 17.2 Å². The number of hydrogen-bond acceptors (Lipinski definition) is 3. The molecule has 0 aromatic carbocycles. The van der Waals surface area contributed by atoms with Gasteiger partial charge in [0.2, 0.25) is 0 Å². The van der Waals surface area contributed by atoms with E-state index in [4.69, 9.17) is 16.3 Å². The molecule has 1 N–H and O–H groups in total. The van der Waals surface area contributed by atoms with Crippen molar-refractivity contribution in [3.63, 3.8) is 0 Å². The Hall–Kier alpha value is -0.800. The number of halogens is 1. The Labute approximate surface area is 100 Å². The molecule has 16 heavy (non-hydrogen) atoms. The average Bonchev–Trinajstić information content (AvgIpc) is 3.03. The van der Waals surface area contributed by atoms with E-state index in [1.165, 1.54) is 12.8 Å². The normalized spacial score (nSPS) is 29.3. The Kier molecular flexibility index (Phi) is 2.74. The van der Waals surface area contributed by atoms with E-state index < -0.39 is 0 Å². The maximum Gasteiger partial charge on any atom is 0.126 e. The van der Waals surface area contributed by atoms with Gasteiger partial charge in [-0.2, -0.15) is 0 Å². The SMILES string of the molecule is Clc1ccc(NC2CCOC2C2CC2)nc1. The van der Waals surface area contributed by atoms with Crippen molar-refractivity contribution in [3.8, 4) is 0 Å². The van der Waals surface area contributed by atoms with Crippen LogP contribution in [0, 0.1) is 5.92 Å². The smallest absolute Gasteiger partial charge is 0.126 e. The van der Waals surface area contributed by atoms with Crippen LogP contribution in [0.3, 0.4) is 0 Å². The lowest BCUT2D eigenvalue weighted by atomic mass is 10.1. The summed E-state index contributed by atoms with van der Waals surface area (Å²) >= 11 is 5.80. The standard InChI is InChI=1S/C12H15ClN2O/c13-9-3-4-11(14-7-9)15-10-5-6-16-12(10)8-1-2-8/h3-4,7-8,10,12H,1-2,5-6H2,(H,14,15). The highest BCUT2D eigenvalue weighted by molar-refractivity contribution is 6.30. The highest BCUT2D eigenvalue weighted by Crippen LogP contribution is 2.39. The molecule has 0 amide bonds. The summed E-state index contributed by atoms with van der Waals surface area (Å²) in [7, 11) is 0. The predicted molar refractivity (Wildman–Crippen MR) is 63.7 cm³/mol. The maximum absolute atomic E-state index is 5.80. The molecule has 1 saturated carbocycles. The molecule has 1 aliphatic carbocycles. The van der Waals surface area contributed by atoms with Gasteiger partial charge in [-0.1, -0.05) is 11.6 Å². The summed E-state index contributed by atoms with van der Waals surface area (Å²) in [5.41, 5.74) is 0.